The molecule has 2 aliphatic rings. The molecule has 2 N–H and O–H groups in total. The van der Waals surface area contributed by atoms with Crippen LogP contribution in [0, 0.1) is 34.7 Å². The normalized spacial score (nSPS) is 18.3. The highest BCUT2D eigenvalue weighted by molar-refractivity contribution is 5.89. The lowest BCUT2D eigenvalue weighted by Gasteiger charge is -2.47. The van der Waals surface area contributed by atoms with Gasteiger partial charge in [-0.25, -0.2) is 18.2 Å². The number of amides is 3. The largest absolute Gasteiger partial charge is 0.344 e. The second-order valence-corrected chi connectivity index (χ2v) is 11.8. The highest BCUT2D eigenvalue weighted by Gasteiger charge is 2.42. The van der Waals surface area contributed by atoms with Crippen molar-refractivity contribution in [2.75, 3.05) is 26.7 Å². The molecule has 1 aromatic rings. The second-order valence-electron chi connectivity index (χ2n) is 11.8. The highest BCUT2D eigenvalue weighted by Crippen LogP contribution is 2.31. The van der Waals surface area contributed by atoms with Crippen LogP contribution >= 0.6 is 0 Å². The molecule has 0 radical (unpaired) electrons. The van der Waals surface area contributed by atoms with Gasteiger partial charge in [0.15, 0.2) is 11.6 Å². The van der Waals surface area contributed by atoms with E-state index in [9.17, 15) is 32.8 Å². The number of nitrogens with zero attached hydrogens (tertiary/aromatic N) is 3. The van der Waals surface area contributed by atoms with Gasteiger partial charge in [0, 0.05) is 37.3 Å². The van der Waals surface area contributed by atoms with Crippen molar-refractivity contribution >= 4 is 18.2 Å². The molecule has 3 rings (SSSR count). The van der Waals surface area contributed by atoms with E-state index in [1.54, 1.807) is 16.8 Å². The number of hydrogen-bond donors (Lipinski definition) is 2. The van der Waals surface area contributed by atoms with Crippen molar-refractivity contribution in [3.05, 3.63) is 35.1 Å². The zero-order chi connectivity index (χ0) is 28.2. The van der Waals surface area contributed by atoms with Gasteiger partial charge >= 0.3 is 0 Å². The van der Waals surface area contributed by atoms with Crippen molar-refractivity contribution in [2.45, 2.75) is 71.5 Å². The molecule has 11 heteroatoms. The first-order valence-corrected chi connectivity index (χ1v) is 13.1. The minimum Gasteiger partial charge on any atom is -0.344 e. The fraction of sp³-hybridized carbons (Fsp3) is 0.667. The Morgan fingerprint density at radius 1 is 1.13 bits per heavy atom. The van der Waals surface area contributed by atoms with E-state index in [4.69, 9.17) is 0 Å². The SMILES string of the molecule is CN(Cc1cc(F)c(F)cc1F)C1CN(C(=O)[C@@H](NC(=O)[C@H](CC2CCCC2)CN(O)C=O)C(C)(C)C)C1. The molecule has 1 heterocycles. The Kier molecular flexibility index (Phi) is 9.80. The Bertz CT molecular complexity index is 1010. The van der Waals surface area contributed by atoms with E-state index < -0.39 is 34.8 Å². The Balaban J connectivity index is 1.62. The summed E-state index contributed by atoms with van der Waals surface area (Å²) in [4.78, 5) is 41.1. The van der Waals surface area contributed by atoms with Crippen LogP contribution in [0.5, 0.6) is 0 Å². The first-order chi connectivity index (χ1) is 17.8. The summed E-state index contributed by atoms with van der Waals surface area (Å²) in [6, 6.07) is 0.415. The average molecular weight is 541 g/mol. The van der Waals surface area contributed by atoms with Crippen molar-refractivity contribution in [3.63, 3.8) is 0 Å². The van der Waals surface area contributed by atoms with Gasteiger partial charge < -0.3 is 10.2 Å². The Labute approximate surface area is 222 Å². The maximum Gasteiger partial charge on any atom is 0.245 e. The monoisotopic (exact) mass is 540 g/mol. The molecule has 2 atom stereocenters. The number of carbonyl (C=O) groups is 3. The van der Waals surface area contributed by atoms with Crippen molar-refractivity contribution in [1.82, 2.24) is 20.2 Å². The predicted molar refractivity (Wildman–Crippen MR) is 134 cm³/mol. The van der Waals surface area contributed by atoms with Crippen LogP contribution in [0.25, 0.3) is 0 Å². The smallest absolute Gasteiger partial charge is 0.245 e. The fourth-order valence-corrected chi connectivity index (χ4v) is 5.27. The van der Waals surface area contributed by atoms with Gasteiger partial charge in [0.25, 0.3) is 0 Å². The molecule has 38 heavy (non-hydrogen) atoms. The van der Waals surface area contributed by atoms with Gasteiger partial charge in [-0.1, -0.05) is 46.5 Å². The molecule has 212 valence electrons. The summed E-state index contributed by atoms with van der Waals surface area (Å²) in [6.07, 6.45) is 4.96. The molecule has 0 unspecified atom stereocenters. The molecule has 2 fully saturated rings. The van der Waals surface area contributed by atoms with Gasteiger partial charge in [-0.2, -0.15) is 0 Å². The van der Waals surface area contributed by atoms with Crippen LogP contribution in [0.4, 0.5) is 13.2 Å². The molecule has 1 saturated heterocycles. The zero-order valence-electron chi connectivity index (χ0n) is 22.6. The molecular weight excluding hydrogens is 501 g/mol. The number of likely N-dealkylation sites (tertiary alicyclic amines) is 1. The number of nitrogens with one attached hydrogen (secondary N) is 1. The number of hydroxylamine groups is 2. The van der Waals surface area contributed by atoms with Crippen molar-refractivity contribution < 1.29 is 32.8 Å². The fourth-order valence-electron chi connectivity index (χ4n) is 5.27. The summed E-state index contributed by atoms with van der Waals surface area (Å²) < 4.78 is 40.9. The highest BCUT2D eigenvalue weighted by atomic mass is 19.2. The van der Waals surface area contributed by atoms with Gasteiger partial charge in [-0.15, -0.1) is 0 Å². The van der Waals surface area contributed by atoms with Crippen LogP contribution in [-0.2, 0) is 20.9 Å². The summed E-state index contributed by atoms with van der Waals surface area (Å²) in [6.45, 7) is 6.12. The molecule has 1 saturated carbocycles. The Hall–Kier alpha value is -2.66. The van der Waals surface area contributed by atoms with Crippen LogP contribution in [0.1, 0.15) is 58.4 Å². The molecule has 8 nitrogen and oxygen atoms in total. The minimum absolute atomic E-state index is 0.0255. The standard InChI is InChI=1S/C27H39F3N4O4/c1-27(2,3)24(31-25(36)19(13-34(38)16-35)9-17-7-5-6-8-17)26(37)33-14-20(15-33)32(4)12-18-10-22(29)23(30)11-21(18)28/h10-11,16-17,19-20,24,38H,5-9,12-15H2,1-4H3,(H,31,36)/t19-,24-/m1/s1. The van der Waals surface area contributed by atoms with Crippen molar-refractivity contribution in [3.8, 4) is 0 Å². The lowest BCUT2D eigenvalue weighted by Crippen LogP contribution is -2.65. The quantitative estimate of drug-likeness (QED) is 0.194. The molecular formula is C27H39F3N4O4. The first kappa shape index (κ1) is 29.9. The number of likely N-dealkylation sites (N-methyl/N-ethyl adjacent to an activating group) is 1. The van der Waals surface area contributed by atoms with Crippen LogP contribution in [0.2, 0.25) is 0 Å². The lowest BCUT2D eigenvalue weighted by atomic mass is 9.84. The van der Waals surface area contributed by atoms with E-state index in [0.29, 0.717) is 36.6 Å². The third kappa shape index (κ3) is 7.47. The molecule has 0 bridgehead atoms. The van der Waals surface area contributed by atoms with Crippen LogP contribution in [-0.4, -0.2) is 77.1 Å². The summed E-state index contributed by atoms with van der Waals surface area (Å²) in [5.41, 5.74) is -0.586. The summed E-state index contributed by atoms with van der Waals surface area (Å²) >= 11 is 0. The molecule has 0 spiro atoms. The van der Waals surface area contributed by atoms with Crippen LogP contribution < -0.4 is 5.32 Å². The van der Waals surface area contributed by atoms with E-state index in [1.807, 2.05) is 20.8 Å². The third-order valence-electron chi connectivity index (χ3n) is 7.70. The lowest BCUT2D eigenvalue weighted by molar-refractivity contribution is -0.156. The van der Waals surface area contributed by atoms with Gasteiger partial charge in [0.2, 0.25) is 18.2 Å². The van der Waals surface area contributed by atoms with Gasteiger partial charge in [0.1, 0.15) is 11.9 Å². The molecule has 1 aromatic carbocycles. The second kappa shape index (κ2) is 12.5. The van der Waals surface area contributed by atoms with Gasteiger partial charge in [0.05, 0.1) is 12.5 Å². The number of carbonyl (C=O) groups excluding carboxylic acids is 3. The maximum atomic E-state index is 14.1. The minimum atomic E-state index is -1.24. The van der Waals surface area contributed by atoms with Crippen molar-refractivity contribution in [2.24, 2.45) is 17.3 Å². The summed E-state index contributed by atoms with van der Waals surface area (Å²) in [7, 11) is 1.72. The number of benzene rings is 1. The molecule has 1 aliphatic heterocycles. The van der Waals surface area contributed by atoms with E-state index in [-0.39, 0.29) is 42.9 Å². The van der Waals surface area contributed by atoms with E-state index >= 15 is 0 Å². The Morgan fingerprint density at radius 3 is 2.32 bits per heavy atom. The first-order valence-electron chi connectivity index (χ1n) is 13.1. The van der Waals surface area contributed by atoms with Gasteiger partial charge in [-0.3, -0.25) is 24.5 Å². The van der Waals surface area contributed by atoms with E-state index in [2.05, 4.69) is 5.32 Å². The Morgan fingerprint density at radius 2 is 1.74 bits per heavy atom. The van der Waals surface area contributed by atoms with Crippen molar-refractivity contribution in [1.29, 1.82) is 0 Å². The maximum absolute atomic E-state index is 14.1. The molecule has 0 aromatic heterocycles. The van der Waals surface area contributed by atoms with E-state index in [0.717, 1.165) is 31.7 Å². The molecule has 1 aliphatic carbocycles. The number of hydrogen-bond acceptors (Lipinski definition) is 5. The zero-order valence-corrected chi connectivity index (χ0v) is 22.6. The topological polar surface area (TPSA) is 93.2 Å². The third-order valence-corrected chi connectivity index (χ3v) is 7.70. The van der Waals surface area contributed by atoms with Gasteiger partial charge in [-0.05, 0) is 30.9 Å². The summed E-state index contributed by atoms with van der Waals surface area (Å²) in [5, 5.41) is 13.1. The van der Waals surface area contributed by atoms with Crippen LogP contribution in [0.3, 0.4) is 0 Å². The van der Waals surface area contributed by atoms with Crippen LogP contribution in [0.15, 0.2) is 12.1 Å². The average Bonchev–Trinajstić information content (AvgIpc) is 3.31. The summed E-state index contributed by atoms with van der Waals surface area (Å²) in [5.74, 6) is -4.14. The number of rotatable bonds is 11. The van der Waals surface area contributed by atoms with E-state index in [1.165, 1.54) is 0 Å². The predicted octanol–water partition coefficient (Wildman–Crippen LogP) is 3.32. The molecule has 3 amide bonds. The number of halogens is 3.